The van der Waals surface area contributed by atoms with Crippen molar-refractivity contribution in [3.63, 3.8) is 0 Å². The molecule has 0 fully saturated rings. The lowest BCUT2D eigenvalue weighted by molar-refractivity contribution is 0.669. The van der Waals surface area contributed by atoms with Crippen LogP contribution in [0.2, 0.25) is 0 Å². The zero-order chi connectivity index (χ0) is 37.7. The number of hydrogen-bond donors (Lipinski definition) is 0. The Kier molecular flexibility index (Phi) is 7.82. The third-order valence-corrected chi connectivity index (χ3v) is 11.2. The predicted octanol–water partition coefficient (Wildman–Crippen LogP) is 15.2. The number of benzene rings is 9. The quantitative estimate of drug-likeness (QED) is 0.163. The summed E-state index contributed by atoms with van der Waals surface area (Å²) in [6.45, 7) is 0. The van der Waals surface area contributed by atoms with Crippen molar-refractivity contribution in [2.45, 2.75) is 0 Å². The molecule has 0 aliphatic rings. The van der Waals surface area contributed by atoms with Gasteiger partial charge in [-0.3, -0.25) is 0 Å². The molecular weight excluding hydrogens is 693 g/mol. The Morgan fingerprint density at radius 3 is 1.72 bits per heavy atom. The van der Waals surface area contributed by atoms with Crippen LogP contribution < -0.4 is 4.90 Å². The summed E-state index contributed by atoms with van der Waals surface area (Å²) in [6, 6.07) is 78.2. The fraction of sp³-hybridized carbons (Fsp3) is 0. The number of fused-ring (bicyclic) bond motifs is 6. The lowest BCUT2D eigenvalue weighted by atomic mass is 9.93. The number of para-hydroxylation sites is 5. The third-order valence-electron chi connectivity index (χ3n) is 11.2. The van der Waals surface area contributed by atoms with E-state index in [1.54, 1.807) is 0 Å². The van der Waals surface area contributed by atoms with E-state index in [0.717, 1.165) is 66.9 Å². The molecule has 0 radical (unpaired) electrons. The van der Waals surface area contributed by atoms with E-state index in [4.69, 9.17) is 4.42 Å². The molecular formula is C54H36N2O. The van der Waals surface area contributed by atoms with E-state index < -0.39 is 0 Å². The van der Waals surface area contributed by atoms with Crippen molar-refractivity contribution in [3.8, 4) is 39.1 Å². The predicted molar refractivity (Wildman–Crippen MR) is 239 cm³/mol. The lowest BCUT2D eigenvalue weighted by Crippen LogP contribution is -2.11. The molecule has 0 saturated carbocycles. The first-order valence-corrected chi connectivity index (χ1v) is 19.4. The smallest absolute Gasteiger partial charge is 0.137 e. The topological polar surface area (TPSA) is 21.3 Å². The summed E-state index contributed by atoms with van der Waals surface area (Å²) in [5, 5.41) is 4.72. The molecule has 11 aromatic rings. The summed E-state index contributed by atoms with van der Waals surface area (Å²) in [5.41, 5.74) is 15.3. The maximum Gasteiger partial charge on any atom is 0.137 e. The summed E-state index contributed by atoms with van der Waals surface area (Å²) in [6.07, 6.45) is 0. The van der Waals surface area contributed by atoms with Crippen molar-refractivity contribution in [2.24, 2.45) is 0 Å². The van der Waals surface area contributed by atoms with Gasteiger partial charge in [0.15, 0.2) is 0 Å². The van der Waals surface area contributed by atoms with Gasteiger partial charge in [-0.05, 0) is 89.0 Å². The Bertz CT molecular complexity index is 3190. The zero-order valence-corrected chi connectivity index (χ0v) is 31.1. The number of anilines is 3. The van der Waals surface area contributed by atoms with Gasteiger partial charge in [0, 0.05) is 50.1 Å². The van der Waals surface area contributed by atoms with E-state index in [9.17, 15) is 0 Å². The van der Waals surface area contributed by atoms with Gasteiger partial charge < -0.3 is 13.9 Å². The highest BCUT2D eigenvalue weighted by Gasteiger charge is 2.22. The molecule has 9 aromatic carbocycles. The molecule has 57 heavy (non-hydrogen) atoms. The Hall–Kier alpha value is -7.62. The van der Waals surface area contributed by atoms with Crippen LogP contribution in [0, 0.1) is 0 Å². The molecule has 268 valence electrons. The largest absolute Gasteiger partial charge is 0.456 e. The first kappa shape index (κ1) is 32.8. The van der Waals surface area contributed by atoms with Crippen LogP contribution in [0.3, 0.4) is 0 Å². The van der Waals surface area contributed by atoms with Gasteiger partial charge >= 0.3 is 0 Å². The van der Waals surface area contributed by atoms with Crippen LogP contribution in [0.15, 0.2) is 223 Å². The molecule has 0 saturated heterocycles. The lowest BCUT2D eigenvalue weighted by Gasteiger charge is -2.28. The molecule has 0 spiro atoms. The summed E-state index contributed by atoms with van der Waals surface area (Å²) in [4.78, 5) is 2.36. The van der Waals surface area contributed by atoms with Gasteiger partial charge in [-0.25, -0.2) is 0 Å². The van der Waals surface area contributed by atoms with Crippen LogP contribution in [0.1, 0.15) is 0 Å². The first-order chi connectivity index (χ1) is 28.3. The first-order valence-electron chi connectivity index (χ1n) is 19.4. The molecule has 11 rings (SSSR count). The molecule has 0 aliphatic heterocycles. The van der Waals surface area contributed by atoms with Crippen molar-refractivity contribution in [1.82, 2.24) is 4.57 Å². The molecule has 3 nitrogen and oxygen atoms in total. The van der Waals surface area contributed by atoms with Gasteiger partial charge in [0.05, 0.1) is 22.4 Å². The fourth-order valence-electron chi connectivity index (χ4n) is 8.58. The second kappa shape index (κ2) is 13.6. The van der Waals surface area contributed by atoms with Crippen molar-refractivity contribution < 1.29 is 4.42 Å². The van der Waals surface area contributed by atoms with E-state index in [0.29, 0.717) is 0 Å². The Balaban J connectivity index is 1.16. The Morgan fingerprint density at radius 2 is 0.930 bits per heavy atom. The van der Waals surface area contributed by atoms with E-state index in [-0.39, 0.29) is 0 Å². The van der Waals surface area contributed by atoms with E-state index in [1.807, 2.05) is 12.1 Å². The van der Waals surface area contributed by atoms with Crippen molar-refractivity contribution in [1.29, 1.82) is 0 Å². The number of rotatable bonds is 7. The number of aromatic nitrogens is 1. The van der Waals surface area contributed by atoms with Crippen LogP contribution in [-0.4, -0.2) is 4.57 Å². The molecule has 0 atom stereocenters. The van der Waals surface area contributed by atoms with Crippen LogP contribution in [-0.2, 0) is 0 Å². The average Bonchev–Trinajstić information content (AvgIpc) is 3.83. The van der Waals surface area contributed by atoms with E-state index >= 15 is 0 Å². The fourth-order valence-corrected chi connectivity index (χ4v) is 8.58. The third kappa shape index (κ3) is 5.60. The average molecular weight is 729 g/mol. The number of nitrogens with zero attached hydrogens (tertiary/aromatic N) is 2. The molecule has 3 heteroatoms. The summed E-state index contributed by atoms with van der Waals surface area (Å²) in [5.74, 6) is 0. The second-order valence-corrected chi connectivity index (χ2v) is 14.5. The second-order valence-electron chi connectivity index (χ2n) is 14.5. The molecule has 0 unspecified atom stereocenters. The summed E-state index contributed by atoms with van der Waals surface area (Å²) >= 11 is 0. The number of hydrogen-bond acceptors (Lipinski definition) is 2. The van der Waals surface area contributed by atoms with Gasteiger partial charge in [-0.2, -0.15) is 0 Å². The highest BCUT2D eigenvalue weighted by molar-refractivity contribution is 6.10. The zero-order valence-electron chi connectivity index (χ0n) is 31.1. The maximum absolute atomic E-state index is 6.45. The van der Waals surface area contributed by atoms with E-state index in [1.165, 1.54) is 32.9 Å². The minimum atomic E-state index is 0.860. The monoisotopic (exact) mass is 728 g/mol. The maximum atomic E-state index is 6.45. The molecule has 0 bridgehead atoms. The van der Waals surface area contributed by atoms with Crippen LogP contribution in [0.25, 0.3) is 82.8 Å². The Labute approximate surface area is 330 Å². The Morgan fingerprint density at radius 1 is 0.333 bits per heavy atom. The molecule has 0 N–H and O–H groups in total. The molecule has 0 aliphatic carbocycles. The van der Waals surface area contributed by atoms with Crippen LogP contribution in [0.5, 0.6) is 0 Å². The van der Waals surface area contributed by atoms with Crippen molar-refractivity contribution >= 4 is 60.8 Å². The summed E-state index contributed by atoms with van der Waals surface area (Å²) in [7, 11) is 0. The highest BCUT2D eigenvalue weighted by atomic mass is 16.3. The minimum Gasteiger partial charge on any atom is -0.456 e. The minimum absolute atomic E-state index is 0.860. The SMILES string of the molecule is c1ccc(-c2cccc(-c3cc(-c4ccccc4-n4c5ccccc5c5ccccc54)ccc3N(c3ccccc3)c3ccc4c(c3)oc3ccccc34)c2)cc1. The van der Waals surface area contributed by atoms with Crippen LogP contribution in [0.4, 0.5) is 17.1 Å². The summed E-state index contributed by atoms with van der Waals surface area (Å²) < 4.78 is 8.87. The normalized spacial score (nSPS) is 11.5. The van der Waals surface area contributed by atoms with E-state index in [2.05, 4.69) is 216 Å². The number of furan rings is 1. The van der Waals surface area contributed by atoms with Gasteiger partial charge in [0.2, 0.25) is 0 Å². The van der Waals surface area contributed by atoms with Gasteiger partial charge in [0.25, 0.3) is 0 Å². The molecule has 0 amide bonds. The molecule has 2 heterocycles. The highest BCUT2D eigenvalue weighted by Crippen LogP contribution is 2.45. The van der Waals surface area contributed by atoms with Crippen LogP contribution >= 0.6 is 0 Å². The standard InChI is InChI=1S/C54H36N2O/c1-3-16-37(17-4-1)38-18-15-19-39(34-38)48-35-40(43-22-7-11-26-49(43)56-50-27-12-8-23-44(50)45-24-9-13-28-51(45)56)30-33-52(48)55(41-20-5-2-6-21-41)42-31-32-47-46-25-10-14-29-53(46)57-54(47)36-42/h1-36H. The van der Waals surface area contributed by atoms with Gasteiger partial charge in [-0.1, -0.05) is 146 Å². The van der Waals surface area contributed by atoms with Crippen molar-refractivity contribution in [3.05, 3.63) is 218 Å². The molecule has 2 aromatic heterocycles. The van der Waals surface area contributed by atoms with Crippen molar-refractivity contribution in [2.75, 3.05) is 4.90 Å². The van der Waals surface area contributed by atoms with Gasteiger partial charge in [0.1, 0.15) is 11.2 Å². The van der Waals surface area contributed by atoms with Gasteiger partial charge in [-0.15, -0.1) is 0 Å².